The fourth-order valence-electron chi connectivity index (χ4n) is 2.94. The Balaban J connectivity index is 1.81. The van der Waals surface area contributed by atoms with Crippen molar-refractivity contribution in [3.05, 3.63) is 40.9 Å². The molecule has 2 aliphatic heterocycles. The average Bonchev–Trinajstić information content (AvgIpc) is 3.18. The fraction of sp³-hybridized carbons (Fsp3) is 0.550. The Bertz CT molecular complexity index is 692. The third-order valence-electron chi connectivity index (χ3n) is 5.28. The minimum absolute atomic E-state index is 0.0942. The Morgan fingerprint density at radius 3 is 2.19 bits per heavy atom. The Labute approximate surface area is 161 Å². The second-order valence-corrected chi connectivity index (χ2v) is 7.96. The van der Waals surface area contributed by atoms with Gasteiger partial charge in [-0.15, -0.1) is 0 Å². The van der Waals surface area contributed by atoms with Crippen LogP contribution in [-0.2, 0) is 23.6 Å². The third kappa shape index (κ3) is 4.61. The van der Waals surface area contributed by atoms with Crippen LogP contribution in [0.15, 0.2) is 29.7 Å². The first kappa shape index (κ1) is 20.1. The van der Waals surface area contributed by atoms with Gasteiger partial charge in [0, 0.05) is 19.0 Å². The highest BCUT2D eigenvalue weighted by Gasteiger charge is 2.52. The number of amides is 1. The van der Waals surface area contributed by atoms with Crippen LogP contribution in [0.2, 0.25) is 0 Å². The van der Waals surface area contributed by atoms with Gasteiger partial charge in [0.05, 0.1) is 24.4 Å². The molecule has 6 nitrogen and oxygen atoms in total. The van der Waals surface area contributed by atoms with Crippen molar-refractivity contribution in [2.24, 2.45) is 0 Å². The third-order valence-corrected chi connectivity index (χ3v) is 5.28. The fourth-order valence-corrected chi connectivity index (χ4v) is 2.94. The van der Waals surface area contributed by atoms with Gasteiger partial charge < -0.3 is 24.1 Å². The van der Waals surface area contributed by atoms with Gasteiger partial charge in [0.25, 0.3) is 0 Å². The van der Waals surface area contributed by atoms with Crippen LogP contribution in [0.4, 0.5) is 0 Å². The summed E-state index contributed by atoms with van der Waals surface area (Å²) in [6.45, 7) is 11.2. The molecule has 0 radical (unpaired) electrons. The van der Waals surface area contributed by atoms with Gasteiger partial charge in [-0.1, -0.05) is 30.3 Å². The van der Waals surface area contributed by atoms with E-state index in [1.54, 1.807) is 0 Å². The van der Waals surface area contributed by atoms with E-state index in [9.17, 15) is 4.79 Å². The molecule has 0 atom stereocenters. The van der Waals surface area contributed by atoms with Crippen LogP contribution in [0.3, 0.4) is 0 Å². The first-order chi connectivity index (χ1) is 12.7. The molecule has 0 aromatic heterocycles. The van der Waals surface area contributed by atoms with Gasteiger partial charge in [0.15, 0.2) is 6.29 Å². The highest BCUT2D eigenvalue weighted by molar-refractivity contribution is 6.56. The van der Waals surface area contributed by atoms with Gasteiger partial charge in [-0.2, -0.15) is 0 Å². The minimum Gasteiger partial charge on any atom is -0.400 e. The van der Waals surface area contributed by atoms with Gasteiger partial charge in [-0.05, 0) is 38.7 Å². The van der Waals surface area contributed by atoms with Gasteiger partial charge in [-0.3, -0.25) is 4.79 Å². The lowest BCUT2D eigenvalue weighted by molar-refractivity contribution is -0.118. The van der Waals surface area contributed by atoms with E-state index in [0.717, 1.165) is 16.6 Å². The largest absolute Gasteiger partial charge is 0.492 e. The van der Waals surface area contributed by atoms with E-state index in [-0.39, 0.29) is 12.2 Å². The molecule has 0 spiro atoms. The van der Waals surface area contributed by atoms with E-state index in [1.807, 2.05) is 58.0 Å². The number of nitrogens with one attached hydrogen (secondary N) is 1. The predicted molar refractivity (Wildman–Crippen MR) is 104 cm³/mol. The quantitative estimate of drug-likeness (QED) is 0.804. The number of benzene rings is 1. The molecule has 2 saturated heterocycles. The summed E-state index contributed by atoms with van der Waals surface area (Å²) in [7, 11) is -0.511. The molecule has 146 valence electrons. The lowest BCUT2D eigenvalue weighted by Gasteiger charge is -2.32. The van der Waals surface area contributed by atoms with Gasteiger partial charge >= 0.3 is 7.12 Å². The van der Waals surface area contributed by atoms with Gasteiger partial charge in [0.2, 0.25) is 5.91 Å². The van der Waals surface area contributed by atoms with Crippen molar-refractivity contribution < 1.29 is 23.6 Å². The lowest BCUT2D eigenvalue weighted by atomic mass is 9.77. The minimum atomic E-state index is -0.511. The Hall–Kier alpha value is -1.67. The highest BCUT2D eigenvalue weighted by Crippen LogP contribution is 2.38. The molecule has 3 rings (SSSR count). The summed E-state index contributed by atoms with van der Waals surface area (Å²) in [5.74, 6) is -0.0942. The van der Waals surface area contributed by atoms with E-state index < -0.39 is 18.3 Å². The summed E-state index contributed by atoms with van der Waals surface area (Å²) in [5, 5.41) is 2.85. The molecular formula is C20H28BNO5. The number of carbonyl (C=O) groups is 1. The lowest BCUT2D eigenvalue weighted by Crippen LogP contribution is -2.41. The number of carbonyl (C=O) groups excluding carboxylic acids is 1. The Morgan fingerprint density at radius 1 is 1.11 bits per heavy atom. The van der Waals surface area contributed by atoms with Gasteiger partial charge in [0.1, 0.15) is 0 Å². The van der Waals surface area contributed by atoms with Crippen molar-refractivity contribution >= 4 is 19.1 Å². The standard InChI is InChI=1S/C20H28BNO5/c1-14(23)22-13-17(21-26-19(2,3)20(4,5)27-21)12-15-6-8-16(9-7-15)18-24-10-11-25-18/h6-9,12,18H,10-11,13H2,1-5H3,(H,22,23). The maximum absolute atomic E-state index is 11.4. The highest BCUT2D eigenvalue weighted by atomic mass is 16.7. The van der Waals surface area contributed by atoms with Crippen LogP contribution in [-0.4, -0.2) is 44.0 Å². The molecular weight excluding hydrogens is 345 g/mol. The molecule has 7 heteroatoms. The zero-order chi connectivity index (χ0) is 19.7. The molecule has 0 aliphatic carbocycles. The van der Waals surface area contributed by atoms with Crippen LogP contribution in [0.1, 0.15) is 52.0 Å². The summed E-state index contributed by atoms with van der Waals surface area (Å²) in [4.78, 5) is 11.4. The second-order valence-electron chi connectivity index (χ2n) is 7.96. The van der Waals surface area contributed by atoms with E-state index >= 15 is 0 Å². The molecule has 0 bridgehead atoms. The maximum atomic E-state index is 11.4. The predicted octanol–water partition coefficient (Wildman–Crippen LogP) is 2.88. The van der Waals surface area contributed by atoms with Crippen LogP contribution in [0.5, 0.6) is 0 Å². The molecule has 0 unspecified atom stereocenters. The topological polar surface area (TPSA) is 66.0 Å². The molecule has 1 amide bonds. The number of hydrogen-bond acceptors (Lipinski definition) is 5. The van der Waals surface area contributed by atoms with Crippen LogP contribution < -0.4 is 5.32 Å². The van der Waals surface area contributed by atoms with Crippen LogP contribution in [0.25, 0.3) is 6.08 Å². The summed E-state index contributed by atoms with van der Waals surface area (Å²) < 4.78 is 23.4. The zero-order valence-corrected chi connectivity index (χ0v) is 16.7. The van der Waals surface area contributed by atoms with E-state index in [4.69, 9.17) is 18.8 Å². The smallest absolute Gasteiger partial charge is 0.400 e. The molecule has 2 heterocycles. The monoisotopic (exact) mass is 373 g/mol. The number of rotatable bonds is 5. The van der Waals surface area contributed by atoms with Crippen LogP contribution in [0, 0.1) is 0 Å². The van der Waals surface area contributed by atoms with Gasteiger partial charge in [-0.25, -0.2) is 0 Å². The molecule has 1 N–H and O–H groups in total. The number of ether oxygens (including phenoxy) is 2. The summed E-state index contributed by atoms with van der Waals surface area (Å²) >= 11 is 0. The summed E-state index contributed by atoms with van der Waals surface area (Å²) in [6, 6.07) is 7.98. The van der Waals surface area contributed by atoms with Crippen molar-refractivity contribution in [2.45, 2.75) is 52.1 Å². The molecule has 2 aliphatic rings. The molecule has 1 aromatic rings. The van der Waals surface area contributed by atoms with E-state index in [0.29, 0.717) is 19.8 Å². The molecule has 2 fully saturated rings. The van der Waals surface area contributed by atoms with E-state index in [1.165, 1.54) is 6.92 Å². The number of hydrogen-bond donors (Lipinski definition) is 1. The Kier molecular flexibility index (Phi) is 5.77. The average molecular weight is 373 g/mol. The van der Waals surface area contributed by atoms with Crippen molar-refractivity contribution in [1.29, 1.82) is 0 Å². The van der Waals surface area contributed by atoms with Crippen molar-refractivity contribution in [1.82, 2.24) is 5.32 Å². The van der Waals surface area contributed by atoms with Crippen molar-refractivity contribution in [3.63, 3.8) is 0 Å². The first-order valence-electron chi connectivity index (χ1n) is 9.32. The van der Waals surface area contributed by atoms with E-state index in [2.05, 4.69) is 5.32 Å². The zero-order valence-electron chi connectivity index (χ0n) is 16.7. The summed E-state index contributed by atoms with van der Waals surface area (Å²) in [5.41, 5.74) is 1.97. The normalized spacial score (nSPS) is 22.3. The van der Waals surface area contributed by atoms with Crippen LogP contribution >= 0.6 is 0 Å². The Morgan fingerprint density at radius 2 is 1.67 bits per heavy atom. The SMILES string of the molecule is CC(=O)NCC(=Cc1ccc(C2OCCO2)cc1)B1OC(C)(C)C(C)(C)O1. The van der Waals surface area contributed by atoms with Crippen molar-refractivity contribution in [3.8, 4) is 0 Å². The molecule has 27 heavy (non-hydrogen) atoms. The maximum Gasteiger partial charge on any atom is 0.492 e. The second kappa shape index (κ2) is 7.76. The summed E-state index contributed by atoms with van der Waals surface area (Å²) in [6.07, 6.45) is 1.71. The molecule has 0 saturated carbocycles. The molecule has 1 aromatic carbocycles. The van der Waals surface area contributed by atoms with Crippen molar-refractivity contribution in [2.75, 3.05) is 19.8 Å². The first-order valence-corrected chi connectivity index (χ1v) is 9.32.